The number of methoxy groups -OCH3 is 3. The molecule has 1 aromatic heterocycles. The zero-order chi connectivity index (χ0) is 20.3. The highest BCUT2D eigenvalue weighted by Gasteiger charge is 2.32. The summed E-state index contributed by atoms with van der Waals surface area (Å²) in [5.41, 5.74) is 6.57. The van der Waals surface area contributed by atoms with Crippen molar-refractivity contribution in [1.29, 1.82) is 0 Å². The van der Waals surface area contributed by atoms with E-state index in [-0.39, 0.29) is 5.69 Å². The van der Waals surface area contributed by atoms with Gasteiger partial charge in [-0.05, 0) is 0 Å². The van der Waals surface area contributed by atoms with Crippen LogP contribution in [0.2, 0.25) is 0 Å². The van der Waals surface area contributed by atoms with E-state index in [9.17, 15) is 24.0 Å². The first-order valence-corrected chi connectivity index (χ1v) is 6.49. The maximum atomic E-state index is 11.1. The molecule has 0 aliphatic heterocycles. The number of nitrogens with one attached hydrogen (secondary N) is 1. The first kappa shape index (κ1) is 22.1. The van der Waals surface area contributed by atoms with Gasteiger partial charge in [0.15, 0.2) is 5.75 Å². The van der Waals surface area contributed by atoms with Gasteiger partial charge in [-0.25, -0.2) is 14.7 Å². The molecule has 0 saturated carbocycles. The highest BCUT2D eigenvalue weighted by atomic mass is 16.5. The zero-order valence-electron chi connectivity index (χ0n) is 13.8. The van der Waals surface area contributed by atoms with Gasteiger partial charge in [0, 0.05) is 6.07 Å². The van der Waals surface area contributed by atoms with Crippen LogP contribution in [0, 0.1) is 0 Å². The molecule has 0 unspecified atom stereocenters. The molecular formula is C13H14N4O9. The van der Waals surface area contributed by atoms with Crippen molar-refractivity contribution in [2.75, 3.05) is 21.3 Å². The average Bonchev–Trinajstić information content (AvgIpc) is 2.61. The molecule has 0 aromatic carbocycles. The molecule has 1 heterocycles. The van der Waals surface area contributed by atoms with E-state index in [2.05, 4.69) is 24.1 Å². The van der Waals surface area contributed by atoms with Gasteiger partial charge in [0.1, 0.15) is 6.42 Å². The zero-order valence-corrected chi connectivity index (χ0v) is 13.8. The first-order valence-electron chi connectivity index (χ1n) is 6.49. The normalized spacial score (nSPS) is 8.88. The molecule has 140 valence electrons. The summed E-state index contributed by atoms with van der Waals surface area (Å²) in [5.74, 6) is -4.21. The Kier molecular flexibility index (Phi) is 9.22. The fourth-order valence-corrected chi connectivity index (χ4v) is 1.23. The van der Waals surface area contributed by atoms with Gasteiger partial charge in [0.2, 0.25) is 5.69 Å². The van der Waals surface area contributed by atoms with E-state index >= 15 is 0 Å². The van der Waals surface area contributed by atoms with Gasteiger partial charge in [-0.15, -0.1) is 0 Å². The SMILES string of the molecule is COC(=O)CC(=O)C(=[N+]=[N-])C(=O)OC.COC(=O)c1n[nH]c(=O)cc1O. The van der Waals surface area contributed by atoms with Gasteiger partial charge < -0.3 is 24.8 Å². The van der Waals surface area contributed by atoms with Crippen molar-refractivity contribution in [2.24, 2.45) is 0 Å². The fourth-order valence-electron chi connectivity index (χ4n) is 1.23. The lowest BCUT2D eigenvalue weighted by Gasteiger charge is -1.98. The molecule has 13 nitrogen and oxygen atoms in total. The lowest BCUT2D eigenvalue weighted by Crippen LogP contribution is -2.28. The Balaban J connectivity index is 0.000000485. The third-order valence-corrected chi connectivity index (χ3v) is 2.44. The molecule has 0 bridgehead atoms. The number of carbonyl (C=O) groups is 4. The van der Waals surface area contributed by atoms with E-state index in [4.69, 9.17) is 10.6 Å². The van der Waals surface area contributed by atoms with E-state index in [1.54, 1.807) is 0 Å². The number of aromatic nitrogens is 2. The lowest BCUT2D eigenvalue weighted by atomic mass is 10.2. The predicted molar refractivity (Wildman–Crippen MR) is 80.1 cm³/mol. The van der Waals surface area contributed by atoms with Crippen LogP contribution >= 0.6 is 0 Å². The van der Waals surface area contributed by atoms with Crippen LogP contribution in [-0.4, -0.2) is 70.8 Å². The predicted octanol–water partition coefficient (Wildman–Crippen LogP) is -1.78. The standard InChI is InChI=1S/C7H8N2O5.C6H6N2O4/c1-13-5(11)3-4(10)6(9-8)7(12)14-2;1-12-6(11)5-3(9)2-4(10)7-8-5/h3H2,1-2H3;2H,1H3,(H2,7,9,10). The summed E-state index contributed by atoms with van der Waals surface area (Å²) in [5, 5.41) is 14.3. The van der Waals surface area contributed by atoms with Crippen molar-refractivity contribution >= 4 is 29.4 Å². The smallest absolute Gasteiger partial charge is 0.442 e. The Morgan fingerprint density at radius 2 is 1.81 bits per heavy atom. The summed E-state index contributed by atoms with van der Waals surface area (Å²) in [6.07, 6.45) is -0.676. The van der Waals surface area contributed by atoms with Crippen molar-refractivity contribution < 1.29 is 43.3 Å². The van der Waals surface area contributed by atoms with Gasteiger partial charge in [-0.1, -0.05) is 0 Å². The highest BCUT2D eigenvalue weighted by Crippen LogP contribution is 2.09. The minimum Gasteiger partial charge on any atom is -0.505 e. The van der Waals surface area contributed by atoms with Crippen LogP contribution in [-0.2, 0) is 28.6 Å². The molecular weight excluding hydrogens is 356 g/mol. The fraction of sp³-hybridized carbons (Fsp3) is 0.308. The molecule has 0 aliphatic carbocycles. The number of aromatic hydroxyl groups is 1. The second-order valence-corrected chi connectivity index (χ2v) is 4.07. The van der Waals surface area contributed by atoms with Crippen molar-refractivity contribution in [3.8, 4) is 5.75 Å². The van der Waals surface area contributed by atoms with Crippen LogP contribution in [0.5, 0.6) is 5.75 Å². The Labute approximate surface area is 145 Å². The van der Waals surface area contributed by atoms with Crippen molar-refractivity contribution in [3.05, 3.63) is 27.6 Å². The molecule has 0 atom stereocenters. The molecule has 13 heteroatoms. The van der Waals surface area contributed by atoms with Gasteiger partial charge in [-0.3, -0.25) is 14.4 Å². The number of Topliss-reactive ketones (excluding diaryl/α,β-unsaturated/α-hetero) is 1. The van der Waals surface area contributed by atoms with Crippen molar-refractivity contribution in [1.82, 2.24) is 10.2 Å². The number of nitrogens with zero attached hydrogens (tertiary/aromatic N) is 3. The molecule has 1 rings (SSSR count). The molecule has 2 N–H and O–H groups in total. The largest absolute Gasteiger partial charge is 0.505 e. The lowest BCUT2D eigenvalue weighted by molar-refractivity contribution is -0.144. The maximum Gasteiger partial charge on any atom is 0.442 e. The Bertz CT molecular complexity index is 808. The highest BCUT2D eigenvalue weighted by molar-refractivity contribution is 6.63. The number of hydrogen-bond acceptors (Lipinski definition) is 10. The monoisotopic (exact) mass is 370 g/mol. The minimum atomic E-state index is -1.11. The summed E-state index contributed by atoms with van der Waals surface area (Å²) >= 11 is 0. The molecule has 0 radical (unpaired) electrons. The summed E-state index contributed by atoms with van der Waals surface area (Å²) in [7, 11) is 3.25. The molecule has 0 spiro atoms. The summed E-state index contributed by atoms with van der Waals surface area (Å²) < 4.78 is 12.6. The van der Waals surface area contributed by atoms with Crippen molar-refractivity contribution in [3.63, 3.8) is 0 Å². The number of H-pyrrole nitrogens is 1. The number of rotatable bonds is 5. The summed E-state index contributed by atoms with van der Waals surface area (Å²) in [6.45, 7) is 0. The maximum absolute atomic E-state index is 11.1. The molecule has 1 aromatic rings. The Hall–Kier alpha value is -3.86. The third kappa shape index (κ3) is 6.72. The van der Waals surface area contributed by atoms with Crippen LogP contribution in [0.3, 0.4) is 0 Å². The van der Waals surface area contributed by atoms with Crippen LogP contribution in [0.25, 0.3) is 5.53 Å². The van der Waals surface area contributed by atoms with Gasteiger partial charge >= 0.3 is 23.6 Å². The van der Waals surface area contributed by atoms with E-state index in [0.29, 0.717) is 0 Å². The Morgan fingerprint density at radius 1 is 1.19 bits per heavy atom. The number of aromatic amines is 1. The van der Waals surface area contributed by atoms with Crippen LogP contribution in [0.1, 0.15) is 16.9 Å². The Morgan fingerprint density at radius 3 is 2.23 bits per heavy atom. The molecule has 0 amide bonds. The van der Waals surface area contributed by atoms with Crippen molar-refractivity contribution in [2.45, 2.75) is 6.42 Å². The quantitative estimate of drug-likeness (QED) is 0.149. The number of ether oxygens (including phenoxy) is 3. The van der Waals surface area contributed by atoms with E-state index in [1.165, 1.54) is 0 Å². The first-order chi connectivity index (χ1) is 12.2. The number of hydrogen-bond donors (Lipinski definition) is 2. The van der Waals surface area contributed by atoms with Gasteiger partial charge in [0.05, 0.1) is 21.3 Å². The van der Waals surface area contributed by atoms with Gasteiger partial charge in [0.25, 0.3) is 11.3 Å². The minimum absolute atomic E-state index is 0.308. The molecule has 0 saturated heterocycles. The topological polar surface area (TPSA) is 198 Å². The number of ketones is 1. The van der Waals surface area contributed by atoms with E-state index in [0.717, 1.165) is 27.4 Å². The number of esters is 3. The second kappa shape index (κ2) is 10.8. The van der Waals surface area contributed by atoms with Crippen LogP contribution < -0.4 is 5.56 Å². The van der Waals surface area contributed by atoms with E-state index in [1.807, 2.05) is 5.10 Å². The molecule has 0 aliphatic rings. The average molecular weight is 370 g/mol. The summed E-state index contributed by atoms with van der Waals surface area (Å²) in [4.78, 5) is 56.2. The van der Waals surface area contributed by atoms with E-state index < -0.39 is 47.1 Å². The third-order valence-electron chi connectivity index (χ3n) is 2.44. The number of carbonyl (C=O) groups excluding carboxylic acids is 4. The molecule has 0 fully saturated rings. The molecule has 26 heavy (non-hydrogen) atoms. The van der Waals surface area contributed by atoms with Crippen LogP contribution in [0.15, 0.2) is 10.9 Å². The van der Waals surface area contributed by atoms with Gasteiger partial charge in [-0.2, -0.15) is 9.89 Å². The summed E-state index contributed by atoms with van der Waals surface area (Å²) in [6, 6.07) is 0.846. The van der Waals surface area contributed by atoms with Crippen LogP contribution in [0.4, 0.5) is 0 Å². The second-order valence-electron chi connectivity index (χ2n) is 4.07.